The Hall–Kier alpha value is -2.09. The molecule has 2 rings (SSSR count). The van der Waals surface area contributed by atoms with Crippen LogP contribution in [0.25, 0.3) is 0 Å². The van der Waals surface area contributed by atoms with Gasteiger partial charge < -0.3 is 16.0 Å². The first-order valence-corrected chi connectivity index (χ1v) is 5.28. The molecular formula is C8H9N5O2S. The minimum Gasteiger partial charge on any atom is -0.383 e. The van der Waals surface area contributed by atoms with E-state index in [1.165, 1.54) is 6.20 Å². The van der Waals surface area contributed by atoms with Crippen molar-refractivity contribution in [3.05, 3.63) is 32.5 Å². The monoisotopic (exact) mass is 239 g/mol. The molecule has 0 fully saturated rings. The Labute approximate surface area is 93.7 Å². The Morgan fingerprint density at radius 1 is 1.62 bits per heavy atom. The number of nitrogens with zero attached hydrogens (tertiary/aromatic N) is 1. The van der Waals surface area contributed by atoms with Gasteiger partial charge >= 0.3 is 4.87 Å². The van der Waals surface area contributed by atoms with E-state index in [1.54, 1.807) is 5.38 Å². The van der Waals surface area contributed by atoms with Gasteiger partial charge in [0.1, 0.15) is 11.4 Å². The molecule has 2 aromatic rings. The summed E-state index contributed by atoms with van der Waals surface area (Å²) >= 11 is 1.05. The summed E-state index contributed by atoms with van der Waals surface area (Å²) in [5, 5.41) is 10.4. The number of nitrogens with one attached hydrogen (secondary N) is 3. The molecule has 16 heavy (non-hydrogen) atoms. The summed E-state index contributed by atoms with van der Waals surface area (Å²) in [6, 6.07) is 0. The van der Waals surface area contributed by atoms with E-state index in [0.29, 0.717) is 5.69 Å². The molecule has 0 spiro atoms. The molecule has 7 nitrogen and oxygen atoms in total. The van der Waals surface area contributed by atoms with Crippen molar-refractivity contribution in [2.45, 2.75) is 6.54 Å². The van der Waals surface area contributed by atoms with E-state index in [0.717, 1.165) is 11.3 Å². The Kier molecular flexibility index (Phi) is 2.73. The molecule has 0 atom stereocenters. The molecule has 8 heteroatoms. The fourth-order valence-corrected chi connectivity index (χ4v) is 1.73. The van der Waals surface area contributed by atoms with E-state index >= 15 is 0 Å². The molecule has 0 aliphatic rings. The lowest BCUT2D eigenvalue weighted by atomic mass is 10.3. The Bertz CT molecular complexity index is 555. The van der Waals surface area contributed by atoms with Crippen LogP contribution in [0.3, 0.4) is 0 Å². The second-order valence-corrected chi connectivity index (χ2v) is 3.90. The zero-order chi connectivity index (χ0) is 11.5. The van der Waals surface area contributed by atoms with Crippen LogP contribution in [0.2, 0.25) is 0 Å². The van der Waals surface area contributed by atoms with Gasteiger partial charge in [-0.15, -0.1) is 0 Å². The Morgan fingerprint density at radius 3 is 3.00 bits per heavy atom. The number of amides is 1. The van der Waals surface area contributed by atoms with E-state index < -0.39 is 0 Å². The number of H-pyrrole nitrogens is 2. The van der Waals surface area contributed by atoms with Crippen molar-refractivity contribution < 1.29 is 4.79 Å². The number of hydrogen-bond acceptors (Lipinski definition) is 5. The van der Waals surface area contributed by atoms with Gasteiger partial charge in [0.2, 0.25) is 0 Å². The number of thiazole rings is 1. The summed E-state index contributed by atoms with van der Waals surface area (Å²) in [6.07, 6.45) is 1.35. The molecular weight excluding hydrogens is 230 g/mol. The SMILES string of the molecule is Nc1[nH]ncc1C(=O)NCc1csc(=O)[nH]1. The molecule has 0 aliphatic carbocycles. The van der Waals surface area contributed by atoms with Crippen molar-refractivity contribution >= 4 is 23.1 Å². The first-order chi connectivity index (χ1) is 7.66. The number of nitrogens with two attached hydrogens (primary N) is 1. The number of aromatic amines is 2. The third-order valence-corrected chi connectivity index (χ3v) is 2.64. The summed E-state index contributed by atoms with van der Waals surface area (Å²) in [5.41, 5.74) is 6.43. The smallest absolute Gasteiger partial charge is 0.304 e. The molecule has 0 bridgehead atoms. The minimum atomic E-state index is -0.335. The van der Waals surface area contributed by atoms with E-state index in [2.05, 4.69) is 20.5 Å². The predicted octanol–water partition coefficient (Wildman–Crippen LogP) is -0.328. The second-order valence-electron chi connectivity index (χ2n) is 3.05. The largest absolute Gasteiger partial charge is 0.383 e. The highest BCUT2D eigenvalue weighted by Gasteiger charge is 2.11. The van der Waals surface area contributed by atoms with Gasteiger partial charge in [0.25, 0.3) is 5.91 Å². The average molecular weight is 239 g/mol. The fourth-order valence-electron chi connectivity index (χ4n) is 1.15. The highest BCUT2D eigenvalue weighted by atomic mass is 32.1. The second kappa shape index (κ2) is 4.19. The number of nitrogen functional groups attached to an aromatic ring is 1. The van der Waals surface area contributed by atoms with Gasteiger partial charge in [0, 0.05) is 11.1 Å². The van der Waals surface area contributed by atoms with Crippen molar-refractivity contribution in [1.82, 2.24) is 20.5 Å². The van der Waals surface area contributed by atoms with Crippen LogP contribution in [0, 0.1) is 0 Å². The van der Waals surface area contributed by atoms with Crippen LogP contribution in [0.1, 0.15) is 16.1 Å². The van der Waals surface area contributed by atoms with Crippen LogP contribution < -0.4 is 15.9 Å². The fraction of sp³-hybridized carbons (Fsp3) is 0.125. The number of hydrogen-bond donors (Lipinski definition) is 4. The van der Waals surface area contributed by atoms with Gasteiger partial charge in [0.05, 0.1) is 12.7 Å². The zero-order valence-electron chi connectivity index (χ0n) is 8.11. The van der Waals surface area contributed by atoms with E-state index in [9.17, 15) is 9.59 Å². The summed E-state index contributed by atoms with van der Waals surface area (Å²) in [5.74, 6) is -0.116. The zero-order valence-corrected chi connectivity index (χ0v) is 8.93. The third kappa shape index (κ3) is 2.11. The van der Waals surface area contributed by atoms with Crippen LogP contribution in [0.4, 0.5) is 5.82 Å². The molecule has 0 saturated heterocycles. The minimum absolute atomic E-state index is 0.146. The number of carbonyl (C=O) groups is 1. The van der Waals surface area contributed by atoms with E-state index in [-0.39, 0.29) is 28.7 Å². The number of anilines is 1. The maximum absolute atomic E-state index is 11.6. The molecule has 5 N–H and O–H groups in total. The van der Waals surface area contributed by atoms with Crippen LogP contribution in [-0.2, 0) is 6.54 Å². The third-order valence-electron chi connectivity index (χ3n) is 1.92. The van der Waals surface area contributed by atoms with Crippen LogP contribution in [0.15, 0.2) is 16.4 Å². The van der Waals surface area contributed by atoms with Crippen LogP contribution in [-0.4, -0.2) is 21.1 Å². The Morgan fingerprint density at radius 2 is 2.44 bits per heavy atom. The Balaban J connectivity index is 1.99. The molecule has 0 unspecified atom stereocenters. The number of aromatic nitrogens is 3. The molecule has 84 valence electrons. The topological polar surface area (TPSA) is 117 Å². The van der Waals surface area contributed by atoms with Gasteiger partial charge in [-0.25, -0.2) is 0 Å². The predicted molar refractivity (Wildman–Crippen MR) is 59.1 cm³/mol. The van der Waals surface area contributed by atoms with Gasteiger partial charge in [-0.3, -0.25) is 14.7 Å². The van der Waals surface area contributed by atoms with E-state index in [4.69, 9.17) is 5.73 Å². The normalized spacial score (nSPS) is 10.2. The maximum Gasteiger partial charge on any atom is 0.304 e. The van der Waals surface area contributed by atoms with Crippen molar-refractivity contribution in [3.8, 4) is 0 Å². The molecule has 2 aromatic heterocycles. The molecule has 2 heterocycles. The summed E-state index contributed by atoms with van der Waals surface area (Å²) in [6.45, 7) is 0.252. The summed E-state index contributed by atoms with van der Waals surface area (Å²) < 4.78 is 0. The molecule has 0 radical (unpaired) electrons. The van der Waals surface area contributed by atoms with Crippen LogP contribution in [0.5, 0.6) is 0 Å². The molecule has 0 aliphatic heterocycles. The lowest BCUT2D eigenvalue weighted by Gasteiger charge is -2.01. The molecule has 1 amide bonds. The van der Waals surface area contributed by atoms with Crippen LogP contribution >= 0.6 is 11.3 Å². The summed E-state index contributed by atoms with van der Waals surface area (Å²) in [4.78, 5) is 24.8. The molecule has 0 saturated carbocycles. The summed E-state index contributed by atoms with van der Waals surface area (Å²) in [7, 11) is 0. The average Bonchev–Trinajstić information content (AvgIpc) is 2.84. The van der Waals surface area contributed by atoms with Gasteiger partial charge in [-0.1, -0.05) is 11.3 Å². The number of carbonyl (C=O) groups excluding carboxylic acids is 1. The molecule has 0 aromatic carbocycles. The standard InChI is InChI=1S/C8H9N5O2S/c9-6-5(2-11-13-6)7(14)10-1-4-3-16-8(15)12-4/h2-3H,1H2,(H,10,14)(H,12,15)(H3,9,11,13). The quantitative estimate of drug-likeness (QED) is 0.586. The number of rotatable bonds is 3. The lowest BCUT2D eigenvalue weighted by molar-refractivity contribution is 0.0951. The highest BCUT2D eigenvalue weighted by Crippen LogP contribution is 2.05. The van der Waals surface area contributed by atoms with Crippen molar-refractivity contribution in [3.63, 3.8) is 0 Å². The van der Waals surface area contributed by atoms with Crippen molar-refractivity contribution in [2.75, 3.05) is 5.73 Å². The lowest BCUT2D eigenvalue weighted by Crippen LogP contribution is -2.23. The van der Waals surface area contributed by atoms with Gasteiger partial charge in [-0.2, -0.15) is 5.10 Å². The van der Waals surface area contributed by atoms with E-state index in [1.807, 2.05) is 0 Å². The maximum atomic E-state index is 11.6. The first kappa shape index (κ1) is 10.4. The first-order valence-electron chi connectivity index (χ1n) is 4.40. The van der Waals surface area contributed by atoms with Gasteiger partial charge in [0.15, 0.2) is 0 Å². The van der Waals surface area contributed by atoms with Crippen molar-refractivity contribution in [1.29, 1.82) is 0 Å². The van der Waals surface area contributed by atoms with Gasteiger partial charge in [-0.05, 0) is 0 Å². The van der Waals surface area contributed by atoms with Crippen molar-refractivity contribution in [2.24, 2.45) is 0 Å². The highest BCUT2D eigenvalue weighted by molar-refractivity contribution is 7.07.